The van der Waals surface area contributed by atoms with Gasteiger partial charge in [0.1, 0.15) is 11.3 Å². The lowest BCUT2D eigenvalue weighted by molar-refractivity contribution is 0.0681. The molecule has 0 saturated heterocycles. The lowest BCUT2D eigenvalue weighted by Crippen LogP contribution is -2.08. The number of carboxylic acids is 1. The Balaban J connectivity index is 2.59. The predicted octanol–water partition coefficient (Wildman–Crippen LogP) is 3.43. The van der Waals surface area contributed by atoms with Crippen molar-refractivity contribution < 1.29 is 18.7 Å². The van der Waals surface area contributed by atoms with E-state index >= 15 is 0 Å². The highest BCUT2D eigenvalue weighted by Crippen LogP contribution is 2.27. The molecule has 0 atom stereocenters. The van der Waals surface area contributed by atoms with Gasteiger partial charge in [-0.1, -0.05) is 23.7 Å². The Kier molecular flexibility index (Phi) is 3.71. The lowest BCUT2D eigenvalue weighted by atomic mass is 10.2. The van der Waals surface area contributed by atoms with Gasteiger partial charge in [-0.3, -0.25) is 0 Å². The van der Waals surface area contributed by atoms with Gasteiger partial charge in [0.25, 0.3) is 6.43 Å². The average Bonchev–Trinajstić information content (AvgIpc) is 2.38. The van der Waals surface area contributed by atoms with E-state index in [1.165, 1.54) is 0 Å². The highest BCUT2D eigenvalue weighted by atomic mass is 35.5. The van der Waals surface area contributed by atoms with Crippen LogP contribution in [0.15, 0.2) is 30.5 Å². The van der Waals surface area contributed by atoms with Crippen LogP contribution in [0.4, 0.5) is 8.78 Å². The fourth-order valence-electron chi connectivity index (χ4n) is 1.50. The van der Waals surface area contributed by atoms with Gasteiger partial charge in [0.2, 0.25) is 0 Å². The topological polar surface area (TPSA) is 63.1 Å². The number of rotatable bonds is 3. The molecule has 1 heterocycles. The molecular weight excluding hydrogens is 278 g/mol. The summed E-state index contributed by atoms with van der Waals surface area (Å²) in [6.07, 6.45) is -2.15. The first kappa shape index (κ1) is 13.4. The van der Waals surface area contributed by atoms with E-state index in [1.807, 2.05) is 0 Å². The second-order valence-electron chi connectivity index (χ2n) is 3.58. The summed E-state index contributed by atoms with van der Waals surface area (Å²) in [6, 6.07) is 6.45. The molecular formula is C12H7ClF2N2O2. The van der Waals surface area contributed by atoms with Crippen LogP contribution in [-0.2, 0) is 0 Å². The van der Waals surface area contributed by atoms with E-state index in [-0.39, 0.29) is 5.82 Å². The number of nitrogens with zero attached hydrogens (tertiary/aromatic N) is 2. The van der Waals surface area contributed by atoms with Gasteiger partial charge in [0, 0.05) is 11.8 Å². The number of hydrogen-bond acceptors (Lipinski definition) is 3. The number of aromatic nitrogens is 2. The average molecular weight is 285 g/mol. The summed E-state index contributed by atoms with van der Waals surface area (Å²) < 4.78 is 25.6. The molecule has 4 nitrogen and oxygen atoms in total. The minimum absolute atomic E-state index is 0.0362. The Labute approximate surface area is 111 Å². The first-order valence-corrected chi connectivity index (χ1v) is 5.51. The molecule has 2 rings (SSSR count). The quantitative estimate of drug-likeness (QED) is 0.938. The Bertz CT molecular complexity index is 635. The van der Waals surface area contributed by atoms with Gasteiger partial charge >= 0.3 is 5.97 Å². The molecule has 0 radical (unpaired) electrons. The van der Waals surface area contributed by atoms with Crippen molar-refractivity contribution in [2.24, 2.45) is 0 Å². The summed E-state index contributed by atoms with van der Waals surface area (Å²) in [4.78, 5) is 18.2. The summed E-state index contributed by atoms with van der Waals surface area (Å²) in [7, 11) is 0. The largest absolute Gasteiger partial charge is 0.478 e. The summed E-state index contributed by atoms with van der Waals surface area (Å²) in [5.74, 6) is -1.54. The van der Waals surface area contributed by atoms with E-state index in [1.54, 1.807) is 24.3 Å². The minimum atomic E-state index is -3.00. The fourth-order valence-corrected chi connectivity index (χ4v) is 1.72. The molecule has 1 N–H and O–H groups in total. The molecule has 0 unspecified atom stereocenters. The van der Waals surface area contributed by atoms with Crippen molar-refractivity contribution >= 4 is 17.6 Å². The molecule has 0 saturated carbocycles. The van der Waals surface area contributed by atoms with E-state index in [0.717, 1.165) is 6.20 Å². The molecule has 0 aliphatic carbocycles. The first-order valence-electron chi connectivity index (χ1n) is 5.14. The van der Waals surface area contributed by atoms with Crippen LogP contribution in [0.1, 0.15) is 22.5 Å². The zero-order valence-electron chi connectivity index (χ0n) is 9.35. The van der Waals surface area contributed by atoms with Gasteiger partial charge in [-0.15, -0.1) is 0 Å². The number of benzene rings is 1. The van der Waals surface area contributed by atoms with Crippen LogP contribution in [0.5, 0.6) is 0 Å². The van der Waals surface area contributed by atoms with E-state index in [9.17, 15) is 13.6 Å². The maximum atomic E-state index is 12.8. The van der Waals surface area contributed by atoms with Crippen LogP contribution in [0.25, 0.3) is 11.4 Å². The number of alkyl halides is 2. The number of hydrogen-bond donors (Lipinski definition) is 1. The Morgan fingerprint density at radius 1 is 1.32 bits per heavy atom. The Morgan fingerprint density at radius 2 is 2.00 bits per heavy atom. The minimum Gasteiger partial charge on any atom is -0.478 e. The second-order valence-corrected chi connectivity index (χ2v) is 3.99. The zero-order valence-corrected chi connectivity index (χ0v) is 10.1. The van der Waals surface area contributed by atoms with Crippen molar-refractivity contribution in [1.29, 1.82) is 0 Å². The highest BCUT2D eigenvalue weighted by molar-refractivity contribution is 6.33. The molecule has 0 fully saturated rings. The third-order valence-electron chi connectivity index (χ3n) is 2.37. The van der Waals surface area contributed by atoms with Gasteiger partial charge in [0.05, 0.1) is 5.02 Å². The van der Waals surface area contributed by atoms with Crippen LogP contribution in [-0.4, -0.2) is 21.0 Å². The number of carboxylic acid groups (broad SMARTS) is 1. The summed E-state index contributed by atoms with van der Waals surface area (Å²) in [6.45, 7) is 0. The Hall–Kier alpha value is -2.08. The van der Waals surface area contributed by atoms with Crippen molar-refractivity contribution in [2.75, 3.05) is 0 Å². The van der Waals surface area contributed by atoms with Gasteiger partial charge in [-0.2, -0.15) is 0 Å². The summed E-state index contributed by atoms with van der Waals surface area (Å²) in [5, 5.41) is 9.09. The molecule has 7 heteroatoms. The van der Waals surface area contributed by atoms with Crippen molar-refractivity contribution in [3.05, 3.63) is 46.7 Å². The number of carbonyl (C=O) groups is 1. The molecule has 98 valence electrons. The van der Waals surface area contributed by atoms with Crippen molar-refractivity contribution in [3.63, 3.8) is 0 Å². The van der Waals surface area contributed by atoms with Gasteiger partial charge in [-0.25, -0.2) is 23.5 Å². The highest BCUT2D eigenvalue weighted by Gasteiger charge is 2.22. The van der Waals surface area contributed by atoms with E-state index < -0.39 is 23.7 Å². The third kappa shape index (κ3) is 2.68. The molecule has 19 heavy (non-hydrogen) atoms. The molecule has 0 aliphatic rings. The second kappa shape index (κ2) is 5.27. The molecule has 0 spiro atoms. The molecule has 1 aromatic heterocycles. The summed E-state index contributed by atoms with van der Waals surface area (Å²) >= 11 is 5.91. The third-order valence-corrected chi connectivity index (χ3v) is 2.70. The van der Waals surface area contributed by atoms with Gasteiger partial charge in [0.15, 0.2) is 5.82 Å². The van der Waals surface area contributed by atoms with Gasteiger partial charge in [-0.05, 0) is 12.1 Å². The smallest absolute Gasteiger partial charge is 0.339 e. The monoisotopic (exact) mass is 284 g/mol. The SMILES string of the molecule is O=C(O)c1cnc(-c2ccccc2Cl)nc1C(F)F. The maximum Gasteiger partial charge on any atom is 0.339 e. The van der Waals surface area contributed by atoms with E-state index in [4.69, 9.17) is 16.7 Å². The van der Waals surface area contributed by atoms with Crippen molar-refractivity contribution in [2.45, 2.75) is 6.43 Å². The maximum absolute atomic E-state index is 12.8. The molecule has 0 bridgehead atoms. The van der Waals surface area contributed by atoms with Crippen LogP contribution < -0.4 is 0 Å². The first-order chi connectivity index (χ1) is 9.00. The normalized spacial score (nSPS) is 10.7. The lowest BCUT2D eigenvalue weighted by Gasteiger charge is -2.07. The zero-order chi connectivity index (χ0) is 14.0. The fraction of sp³-hybridized carbons (Fsp3) is 0.0833. The molecule has 0 aliphatic heterocycles. The van der Waals surface area contributed by atoms with Crippen molar-refractivity contribution in [3.8, 4) is 11.4 Å². The van der Waals surface area contributed by atoms with Crippen LogP contribution in [0.2, 0.25) is 5.02 Å². The standard InChI is InChI=1S/C12H7ClF2N2O2/c13-8-4-2-1-3-6(8)11-16-5-7(12(18)19)9(17-11)10(14)15/h1-5,10H,(H,18,19). The predicted molar refractivity (Wildman–Crippen MR) is 64.4 cm³/mol. The van der Waals surface area contributed by atoms with Crippen molar-refractivity contribution in [1.82, 2.24) is 9.97 Å². The number of aromatic carboxylic acids is 1. The molecule has 1 aromatic carbocycles. The summed E-state index contributed by atoms with van der Waals surface area (Å²) in [5.41, 5.74) is -1.08. The van der Waals surface area contributed by atoms with Crippen LogP contribution >= 0.6 is 11.6 Å². The van der Waals surface area contributed by atoms with Gasteiger partial charge < -0.3 is 5.11 Å². The molecule has 2 aromatic rings. The number of halogens is 3. The van der Waals surface area contributed by atoms with E-state index in [2.05, 4.69) is 9.97 Å². The van der Waals surface area contributed by atoms with Crippen LogP contribution in [0.3, 0.4) is 0 Å². The van der Waals surface area contributed by atoms with Crippen LogP contribution in [0, 0.1) is 0 Å². The molecule has 0 amide bonds. The van der Waals surface area contributed by atoms with E-state index in [0.29, 0.717) is 10.6 Å². The Morgan fingerprint density at radius 3 is 2.58 bits per heavy atom.